The third-order valence-electron chi connectivity index (χ3n) is 2.53. The fourth-order valence-corrected chi connectivity index (χ4v) is 2.70. The summed E-state index contributed by atoms with van der Waals surface area (Å²) in [5.74, 6) is 2.19. The Hall–Kier alpha value is -1.01. The Morgan fingerprint density at radius 2 is 2.00 bits per heavy atom. The third-order valence-corrected chi connectivity index (χ3v) is 3.81. The van der Waals surface area contributed by atoms with Gasteiger partial charge in [0.2, 0.25) is 5.95 Å². The second-order valence-corrected chi connectivity index (χ2v) is 5.45. The maximum absolute atomic E-state index is 11.2. The fraction of sp³-hybridized carbons (Fsp3) is 0.600. The minimum atomic E-state index is -0.649. The molecular formula is C10H16N4OS. The van der Waals surface area contributed by atoms with E-state index in [-0.39, 0.29) is 0 Å². The minimum absolute atomic E-state index is 0.649. The van der Waals surface area contributed by atoms with Crippen molar-refractivity contribution in [1.82, 2.24) is 15.3 Å². The van der Waals surface area contributed by atoms with Crippen molar-refractivity contribution in [1.29, 1.82) is 0 Å². The Balaban J connectivity index is 2.01. The molecular weight excluding hydrogens is 224 g/mol. The van der Waals surface area contributed by atoms with Gasteiger partial charge < -0.3 is 10.2 Å². The van der Waals surface area contributed by atoms with Crippen molar-refractivity contribution < 1.29 is 4.21 Å². The van der Waals surface area contributed by atoms with E-state index in [9.17, 15) is 4.21 Å². The van der Waals surface area contributed by atoms with Gasteiger partial charge in [0.1, 0.15) is 0 Å². The van der Waals surface area contributed by atoms with Crippen LogP contribution in [0.1, 0.15) is 5.56 Å². The number of hydrogen-bond acceptors (Lipinski definition) is 5. The maximum atomic E-state index is 11.2. The molecule has 88 valence electrons. The lowest BCUT2D eigenvalue weighted by Gasteiger charge is -2.26. The average Bonchev–Trinajstić information content (AvgIpc) is 2.32. The molecule has 0 radical (unpaired) electrons. The number of anilines is 1. The topological polar surface area (TPSA) is 58.1 Å². The van der Waals surface area contributed by atoms with Crippen molar-refractivity contribution in [2.45, 2.75) is 6.54 Å². The van der Waals surface area contributed by atoms with E-state index < -0.39 is 10.8 Å². The molecule has 1 aromatic heterocycles. The van der Waals surface area contributed by atoms with Crippen LogP contribution in [0, 0.1) is 0 Å². The van der Waals surface area contributed by atoms with E-state index in [0.717, 1.165) is 42.7 Å². The lowest BCUT2D eigenvalue weighted by atomic mass is 10.3. The van der Waals surface area contributed by atoms with Crippen LogP contribution >= 0.6 is 0 Å². The van der Waals surface area contributed by atoms with E-state index >= 15 is 0 Å². The first kappa shape index (κ1) is 11.5. The third kappa shape index (κ3) is 2.76. The van der Waals surface area contributed by atoms with Gasteiger partial charge in [-0.3, -0.25) is 4.21 Å². The van der Waals surface area contributed by atoms with Gasteiger partial charge in [-0.15, -0.1) is 0 Å². The van der Waals surface area contributed by atoms with E-state index in [1.165, 1.54) is 0 Å². The van der Waals surface area contributed by atoms with Crippen LogP contribution < -0.4 is 10.2 Å². The van der Waals surface area contributed by atoms with Crippen molar-refractivity contribution >= 4 is 16.7 Å². The van der Waals surface area contributed by atoms with Crippen LogP contribution in [0.2, 0.25) is 0 Å². The first-order chi connectivity index (χ1) is 7.79. The zero-order valence-corrected chi connectivity index (χ0v) is 10.2. The molecule has 0 aliphatic carbocycles. The zero-order valence-electron chi connectivity index (χ0n) is 9.35. The van der Waals surface area contributed by atoms with Crippen LogP contribution in [0.4, 0.5) is 5.95 Å². The maximum Gasteiger partial charge on any atom is 0.225 e. The van der Waals surface area contributed by atoms with E-state index in [4.69, 9.17) is 0 Å². The SMILES string of the molecule is CNCc1cnc(N2CCS(=O)CC2)nc1. The average molecular weight is 240 g/mol. The summed E-state index contributed by atoms with van der Waals surface area (Å²) < 4.78 is 11.2. The summed E-state index contributed by atoms with van der Waals surface area (Å²) in [6.07, 6.45) is 3.68. The van der Waals surface area contributed by atoms with Crippen molar-refractivity contribution in [2.24, 2.45) is 0 Å². The van der Waals surface area contributed by atoms with E-state index in [1.807, 2.05) is 19.4 Å². The lowest BCUT2D eigenvalue weighted by Crippen LogP contribution is -2.38. The van der Waals surface area contributed by atoms with Gasteiger partial charge in [-0.1, -0.05) is 0 Å². The molecule has 0 atom stereocenters. The van der Waals surface area contributed by atoms with Crippen LogP contribution in [0.5, 0.6) is 0 Å². The molecule has 0 amide bonds. The molecule has 1 fully saturated rings. The predicted molar refractivity (Wildman–Crippen MR) is 64.9 cm³/mol. The molecule has 0 saturated carbocycles. The Kier molecular flexibility index (Phi) is 3.84. The molecule has 0 unspecified atom stereocenters. The van der Waals surface area contributed by atoms with Crippen LogP contribution in [-0.2, 0) is 17.3 Å². The summed E-state index contributed by atoms with van der Waals surface area (Å²) in [6.45, 7) is 2.36. The van der Waals surface area contributed by atoms with E-state index in [1.54, 1.807) is 0 Å². The molecule has 0 aromatic carbocycles. The van der Waals surface area contributed by atoms with Gasteiger partial charge in [-0.05, 0) is 7.05 Å². The largest absolute Gasteiger partial charge is 0.339 e. The highest BCUT2D eigenvalue weighted by Gasteiger charge is 2.17. The first-order valence-electron chi connectivity index (χ1n) is 5.35. The van der Waals surface area contributed by atoms with Gasteiger partial charge in [-0.2, -0.15) is 0 Å². The Bertz CT molecular complexity index is 358. The highest BCUT2D eigenvalue weighted by Crippen LogP contribution is 2.10. The Morgan fingerprint density at radius 3 is 2.56 bits per heavy atom. The Labute approximate surface area is 97.7 Å². The molecule has 2 rings (SSSR count). The number of nitrogens with one attached hydrogen (secondary N) is 1. The summed E-state index contributed by atoms with van der Waals surface area (Å²) in [4.78, 5) is 10.7. The fourth-order valence-electron chi connectivity index (χ4n) is 1.64. The van der Waals surface area contributed by atoms with Crippen molar-refractivity contribution in [3.05, 3.63) is 18.0 Å². The standard InChI is InChI=1S/C10H16N4OS/c1-11-6-9-7-12-10(13-8-9)14-2-4-16(15)5-3-14/h7-8,11H,2-6H2,1H3. The highest BCUT2D eigenvalue weighted by molar-refractivity contribution is 7.85. The van der Waals surface area contributed by atoms with Gasteiger partial charge >= 0.3 is 0 Å². The normalized spacial score (nSPS) is 17.7. The summed E-state index contributed by atoms with van der Waals surface area (Å²) >= 11 is 0. The van der Waals surface area contributed by atoms with Crippen LogP contribution in [0.15, 0.2) is 12.4 Å². The number of hydrogen-bond donors (Lipinski definition) is 1. The van der Waals surface area contributed by atoms with Crippen LogP contribution in [0.25, 0.3) is 0 Å². The summed E-state index contributed by atoms with van der Waals surface area (Å²) in [5, 5.41) is 3.05. The quantitative estimate of drug-likeness (QED) is 0.790. The monoisotopic (exact) mass is 240 g/mol. The lowest BCUT2D eigenvalue weighted by molar-refractivity contribution is 0.671. The molecule has 1 aromatic rings. The minimum Gasteiger partial charge on any atom is -0.339 e. The van der Waals surface area contributed by atoms with E-state index in [2.05, 4.69) is 20.2 Å². The molecule has 1 aliphatic rings. The summed E-state index contributed by atoms with van der Waals surface area (Å²) in [5.41, 5.74) is 1.08. The molecule has 1 aliphatic heterocycles. The molecule has 6 heteroatoms. The molecule has 1 saturated heterocycles. The summed E-state index contributed by atoms with van der Waals surface area (Å²) in [6, 6.07) is 0. The van der Waals surface area contributed by atoms with Crippen molar-refractivity contribution in [2.75, 3.05) is 36.5 Å². The highest BCUT2D eigenvalue weighted by atomic mass is 32.2. The van der Waals surface area contributed by atoms with Gasteiger partial charge in [0.05, 0.1) is 0 Å². The number of aromatic nitrogens is 2. The summed E-state index contributed by atoms with van der Waals surface area (Å²) in [7, 11) is 1.25. The van der Waals surface area contributed by atoms with E-state index in [0.29, 0.717) is 0 Å². The molecule has 5 nitrogen and oxygen atoms in total. The molecule has 16 heavy (non-hydrogen) atoms. The predicted octanol–water partition coefficient (Wildman–Crippen LogP) is -0.235. The second kappa shape index (κ2) is 5.36. The van der Waals surface area contributed by atoms with Gasteiger partial charge in [0.25, 0.3) is 0 Å². The van der Waals surface area contributed by atoms with Gasteiger partial charge in [-0.25, -0.2) is 9.97 Å². The second-order valence-electron chi connectivity index (χ2n) is 3.76. The molecule has 1 N–H and O–H groups in total. The van der Waals surface area contributed by atoms with Crippen molar-refractivity contribution in [3.63, 3.8) is 0 Å². The van der Waals surface area contributed by atoms with Gasteiger partial charge in [0, 0.05) is 59.9 Å². The first-order valence-corrected chi connectivity index (χ1v) is 6.84. The van der Waals surface area contributed by atoms with Crippen LogP contribution in [0.3, 0.4) is 0 Å². The molecule has 0 spiro atoms. The Morgan fingerprint density at radius 1 is 1.38 bits per heavy atom. The van der Waals surface area contributed by atoms with Crippen LogP contribution in [-0.4, -0.2) is 45.8 Å². The smallest absolute Gasteiger partial charge is 0.225 e. The number of nitrogens with zero attached hydrogens (tertiary/aromatic N) is 3. The van der Waals surface area contributed by atoms with Crippen molar-refractivity contribution in [3.8, 4) is 0 Å². The number of rotatable bonds is 3. The molecule has 2 heterocycles. The zero-order chi connectivity index (χ0) is 11.4. The molecule has 0 bridgehead atoms. The van der Waals surface area contributed by atoms with Gasteiger partial charge in [0.15, 0.2) is 0 Å².